The van der Waals surface area contributed by atoms with Gasteiger partial charge in [0.25, 0.3) is 17.4 Å². The number of halogens is 2. The second-order valence-corrected chi connectivity index (χ2v) is 14.1. The third kappa shape index (κ3) is 6.80. The molecule has 4 aromatic heterocycles. The van der Waals surface area contributed by atoms with Crippen molar-refractivity contribution >= 4 is 39.4 Å². The number of H-pyrrole nitrogens is 1. The van der Waals surface area contributed by atoms with Gasteiger partial charge in [0.15, 0.2) is 11.5 Å². The van der Waals surface area contributed by atoms with Gasteiger partial charge in [0.2, 0.25) is 0 Å². The van der Waals surface area contributed by atoms with Crippen molar-refractivity contribution in [2.45, 2.75) is 46.1 Å². The Kier molecular flexibility index (Phi) is 10.6. The van der Waals surface area contributed by atoms with E-state index < -0.39 is 35.1 Å². The predicted molar refractivity (Wildman–Crippen MR) is 203 cm³/mol. The van der Waals surface area contributed by atoms with Crippen LogP contribution in [-0.2, 0) is 4.79 Å². The number of anilines is 1. The Bertz CT molecular complexity index is 2410. The van der Waals surface area contributed by atoms with Crippen LogP contribution in [0.5, 0.6) is 0 Å². The van der Waals surface area contributed by atoms with E-state index in [1.807, 2.05) is 58.8 Å². The number of hydrogen-bond donors (Lipinski definition) is 2. The van der Waals surface area contributed by atoms with Crippen LogP contribution < -0.4 is 15.8 Å². The molecule has 1 aliphatic heterocycles. The molecule has 0 saturated carbocycles. The van der Waals surface area contributed by atoms with E-state index in [-0.39, 0.29) is 66.5 Å². The molecule has 0 unspecified atom stereocenters. The lowest BCUT2D eigenvalue weighted by Crippen LogP contribution is -2.56. The molecule has 0 radical (unpaired) electrons. The zero-order valence-electron chi connectivity index (χ0n) is 31.1. The number of carbonyl (C=O) groups is 2. The molecule has 5 aromatic rings. The maximum Gasteiger partial charge on any atom is 0.282 e. The Morgan fingerprint density at radius 1 is 1.15 bits per heavy atom. The minimum atomic E-state index is -1.17. The number of nitrogens with zero attached hydrogens (tertiary/aromatic N) is 8. The molecular formula is C39H42F2N10O3. The molecule has 13 nitrogen and oxygen atoms in total. The van der Waals surface area contributed by atoms with Gasteiger partial charge in [-0.25, -0.2) is 13.8 Å². The summed E-state index contributed by atoms with van der Waals surface area (Å²) in [5.41, 5.74) is 2.67. The van der Waals surface area contributed by atoms with Crippen molar-refractivity contribution in [2.75, 3.05) is 51.7 Å². The third-order valence-corrected chi connectivity index (χ3v) is 9.76. The van der Waals surface area contributed by atoms with Crippen LogP contribution in [0.25, 0.3) is 38.9 Å². The van der Waals surface area contributed by atoms with Crippen LogP contribution in [0.4, 0.5) is 14.5 Å². The topological polar surface area (TPSA) is 156 Å². The summed E-state index contributed by atoms with van der Waals surface area (Å²) in [5, 5.41) is 20.4. The lowest BCUT2D eigenvalue weighted by atomic mass is 9.98. The fourth-order valence-corrected chi connectivity index (χ4v) is 7.15. The van der Waals surface area contributed by atoms with Crippen molar-refractivity contribution in [1.29, 1.82) is 5.26 Å². The summed E-state index contributed by atoms with van der Waals surface area (Å²) in [7, 11) is 3.69. The van der Waals surface area contributed by atoms with Gasteiger partial charge < -0.3 is 20.0 Å². The number of pyridine rings is 3. The highest BCUT2D eigenvalue weighted by Gasteiger charge is 2.36. The van der Waals surface area contributed by atoms with E-state index in [4.69, 9.17) is 4.98 Å². The van der Waals surface area contributed by atoms with Crippen LogP contribution in [0.2, 0.25) is 0 Å². The molecule has 1 fully saturated rings. The largest absolute Gasteiger partial charge is 0.366 e. The first-order chi connectivity index (χ1) is 25.7. The predicted octanol–water partition coefficient (Wildman–Crippen LogP) is 4.91. The van der Waals surface area contributed by atoms with Crippen molar-refractivity contribution in [3.8, 4) is 23.0 Å². The molecule has 5 heterocycles. The molecule has 54 heavy (non-hydrogen) atoms. The summed E-state index contributed by atoms with van der Waals surface area (Å²) in [5.74, 6) is -3.70. The number of piperazine rings is 1. The normalized spacial score (nSPS) is 14.6. The summed E-state index contributed by atoms with van der Waals surface area (Å²) >= 11 is 0. The van der Waals surface area contributed by atoms with Gasteiger partial charge in [-0.15, -0.1) is 0 Å². The average molecular weight is 737 g/mol. The standard InChI is InChI=1S/C39H42F2N10O3/c1-21(2)32-34(23(4)11-13-43-32)51-36-26(18-28(41)33(46-36)30-22(3)8-9-29-27(30)19-45-47-29)35(31(39(51)54)37(52)44-14-15-48(6)7)49-16-17-50(38(53)24(5)40)25(20-49)10-12-42/h8-9,11,13,18-19,21,25H,5,10,14-17,20H2,1-4,6-7H3,(H,44,52)(H,45,47)/t25-/m0/s1. The van der Waals surface area contributed by atoms with Crippen LogP contribution in [0.1, 0.15) is 53.4 Å². The molecule has 0 aliphatic carbocycles. The zero-order chi connectivity index (χ0) is 39.0. The van der Waals surface area contributed by atoms with Gasteiger partial charge in [-0.3, -0.25) is 29.0 Å². The highest BCUT2D eigenvalue weighted by atomic mass is 19.1. The van der Waals surface area contributed by atoms with Crippen molar-refractivity contribution < 1.29 is 18.4 Å². The Morgan fingerprint density at radius 3 is 2.59 bits per heavy atom. The first-order valence-electron chi connectivity index (χ1n) is 17.6. The number of aryl methyl sites for hydroxylation is 2. The Hall–Kier alpha value is -6.01. The molecule has 0 bridgehead atoms. The fourth-order valence-electron chi connectivity index (χ4n) is 7.15. The second-order valence-electron chi connectivity index (χ2n) is 14.1. The zero-order valence-corrected chi connectivity index (χ0v) is 31.1. The summed E-state index contributed by atoms with van der Waals surface area (Å²) in [6.45, 7) is 11.2. The number of fused-ring (bicyclic) bond motifs is 2. The number of aromatic nitrogens is 5. The number of benzene rings is 1. The number of aromatic amines is 1. The first-order valence-corrected chi connectivity index (χ1v) is 17.6. The molecule has 6 rings (SSSR count). The maximum absolute atomic E-state index is 16.9. The SMILES string of the molecule is C=C(F)C(=O)N1CCN(c2c(C(=O)NCCN(C)C)c(=O)n(-c3c(C)ccnc3C(C)C)c3nc(-c4c(C)ccc5[nH]ncc45)c(F)cc23)C[C@@H]1CC#N. The van der Waals surface area contributed by atoms with Gasteiger partial charge in [-0.1, -0.05) is 26.5 Å². The van der Waals surface area contributed by atoms with E-state index in [2.05, 4.69) is 33.1 Å². The van der Waals surface area contributed by atoms with Crippen LogP contribution >= 0.6 is 0 Å². The van der Waals surface area contributed by atoms with Gasteiger partial charge in [-0.2, -0.15) is 10.4 Å². The smallest absolute Gasteiger partial charge is 0.282 e. The fraction of sp³-hybridized carbons (Fsp3) is 0.359. The number of nitrogens with one attached hydrogen (secondary N) is 2. The van der Waals surface area contributed by atoms with Gasteiger partial charge in [0, 0.05) is 55.3 Å². The van der Waals surface area contributed by atoms with E-state index in [1.54, 1.807) is 23.4 Å². The van der Waals surface area contributed by atoms with Gasteiger partial charge in [-0.05, 0) is 63.2 Å². The van der Waals surface area contributed by atoms with E-state index in [1.165, 1.54) is 15.5 Å². The summed E-state index contributed by atoms with van der Waals surface area (Å²) in [4.78, 5) is 56.8. The quantitative estimate of drug-likeness (QED) is 0.190. The van der Waals surface area contributed by atoms with Crippen molar-refractivity contribution in [2.24, 2.45) is 0 Å². The molecule has 2 amide bonds. The number of nitriles is 1. The third-order valence-electron chi connectivity index (χ3n) is 9.76. The summed E-state index contributed by atoms with van der Waals surface area (Å²) in [6.07, 6.45) is 3.06. The van der Waals surface area contributed by atoms with Crippen molar-refractivity contribution in [1.82, 2.24) is 39.8 Å². The summed E-state index contributed by atoms with van der Waals surface area (Å²) < 4.78 is 32.4. The van der Waals surface area contributed by atoms with E-state index >= 15 is 9.18 Å². The summed E-state index contributed by atoms with van der Waals surface area (Å²) in [6, 6.07) is 7.91. The van der Waals surface area contributed by atoms with Crippen LogP contribution in [0, 0.1) is 31.0 Å². The number of rotatable bonds is 10. The highest BCUT2D eigenvalue weighted by molar-refractivity contribution is 6.08. The molecule has 1 aliphatic rings. The van der Waals surface area contributed by atoms with E-state index in [9.17, 15) is 19.2 Å². The lowest BCUT2D eigenvalue weighted by molar-refractivity contribution is -0.131. The van der Waals surface area contributed by atoms with Crippen molar-refractivity contribution in [3.05, 3.63) is 87.6 Å². The van der Waals surface area contributed by atoms with Crippen LogP contribution in [0.3, 0.4) is 0 Å². The van der Waals surface area contributed by atoms with Gasteiger partial charge >= 0.3 is 0 Å². The number of carbonyl (C=O) groups excluding carboxylic acids is 2. The molecule has 280 valence electrons. The molecule has 1 aromatic carbocycles. The number of hydrogen-bond acceptors (Lipinski definition) is 9. The molecule has 0 spiro atoms. The lowest BCUT2D eigenvalue weighted by Gasteiger charge is -2.42. The van der Waals surface area contributed by atoms with Crippen molar-refractivity contribution in [3.63, 3.8) is 0 Å². The van der Waals surface area contributed by atoms with E-state index in [0.717, 1.165) is 5.56 Å². The second kappa shape index (κ2) is 15.2. The van der Waals surface area contributed by atoms with Crippen LogP contribution in [-0.4, -0.2) is 99.2 Å². The maximum atomic E-state index is 16.9. The Labute approximate surface area is 310 Å². The van der Waals surface area contributed by atoms with Crippen LogP contribution in [0.15, 0.2) is 53.9 Å². The molecule has 1 saturated heterocycles. The minimum Gasteiger partial charge on any atom is -0.366 e. The average Bonchev–Trinajstić information content (AvgIpc) is 3.60. The number of likely N-dealkylation sites (N-methyl/N-ethyl adjacent to an activating group) is 1. The monoisotopic (exact) mass is 736 g/mol. The first kappa shape index (κ1) is 37.7. The molecule has 15 heteroatoms. The molecular weight excluding hydrogens is 694 g/mol. The van der Waals surface area contributed by atoms with E-state index in [0.29, 0.717) is 40.0 Å². The molecule has 1 atom stereocenters. The van der Waals surface area contributed by atoms with Gasteiger partial charge in [0.05, 0.1) is 47.3 Å². The Balaban J connectivity index is 1.73. The Morgan fingerprint density at radius 2 is 1.91 bits per heavy atom. The number of amides is 2. The van der Waals surface area contributed by atoms with Gasteiger partial charge in [0.1, 0.15) is 17.1 Å². The molecule has 2 N–H and O–H groups in total. The highest BCUT2D eigenvalue weighted by Crippen LogP contribution is 2.38. The minimum absolute atomic E-state index is 0.0252.